The normalized spacial score (nSPS) is 16.1. The number of hydrogen-bond acceptors (Lipinski definition) is 5. The lowest BCUT2D eigenvalue weighted by Crippen LogP contribution is -2.23. The second-order valence-corrected chi connectivity index (χ2v) is 7.35. The van der Waals surface area contributed by atoms with Crippen LogP contribution in [0.5, 0.6) is 0 Å². The molecule has 0 aliphatic rings. The molecule has 0 amide bonds. The first-order valence-electron chi connectivity index (χ1n) is 9.92. The van der Waals surface area contributed by atoms with Crippen LogP contribution in [-0.4, -0.2) is 11.1 Å². The lowest BCUT2D eigenvalue weighted by molar-refractivity contribution is 0.434. The van der Waals surface area contributed by atoms with Gasteiger partial charge in [0.15, 0.2) is 11.1 Å². The Morgan fingerprint density at radius 2 is 1.15 bits per heavy atom. The van der Waals surface area contributed by atoms with Gasteiger partial charge >= 0.3 is 0 Å². The van der Waals surface area contributed by atoms with Crippen LogP contribution in [0, 0.1) is 39.9 Å². The van der Waals surface area contributed by atoms with E-state index in [0.29, 0.717) is 12.8 Å². The highest BCUT2D eigenvalue weighted by atomic mass is 15.2. The van der Waals surface area contributed by atoms with Gasteiger partial charge < -0.3 is 0 Å². The van der Waals surface area contributed by atoms with E-state index < -0.39 is 11.1 Å². The zero-order chi connectivity index (χ0) is 20.5. The molecule has 0 aromatic carbocycles. The smallest absolute Gasteiger partial charge is 0.164 e. The summed E-state index contributed by atoms with van der Waals surface area (Å²) >= 11 is 0. The molecule has 0 bridgehead atoms. The predicted octanol–water partition coefficient (Wildman–Crippen LogP) is 6.72. The van der Waals surface area contributed by atoms with Gasteiger partial charge in [-0.1, -0.05) is 59.3 Å². The summed E-state index contributed by atoms with van der Waals surface area (Å²) in [6, 6.07) is 6.59. The van der Waals surface area contributed by atoms with Gasteiger partial charge in [-0.25, -0.2) is 0 Å². The summed E-state index contributed by atoms with van der Waals surface area (Å²) in [6.45, 7) is 11.8. The SMILES string of the molecule is CCCCC(C)(C#N)N=NC(C)(C#N)CCCC.CCCCC(C)C#N. The van der Waals surface area contributed by atoms with Crippen molar-refractivity contribution in [2.24, 2.45) is 16.1 Å². The van der Waals surface area contributed by atoms with Crippen molar-refractivity contribution in [1.82, 2.24) is 0 Å². The van der Waals surface area contributed by atoms with Crippen molar-refractivity contribution >= 4 is 0 Å². The third-order valence-corrected chi connectivity index (χ3v) is 4.22. The maximum absolute atomic E-state index is 9.17. The monoisotopic (exact) mass is 359 g/mol. The molecule has 0 radical (unpaired) electrons. The van der Waals surface area contributed by atoms with Crippen LogP contribution in [0.1, 0.15) is 99.3 Å². The van der Waals surface area contributed by atoms with Crippen molar-refractivity contribution in [3.63, 3.8) is 0 Å². The van der Waals surface area contributed by atoms with Crippen LogP contribution in [0.3, 0.4) is 0 Å². The summed E-state index contributed by atoms with van der Waals surface area (Å²) in [7, 11) is 0. The molecule has 3 atom stereocenters. The predicted molar refractivity (Wildman–Crippen MR) is 106 cm³/mol. The van der Waals surface area contributed by atoms with Gasteiger partial charge in [0.05, 0.1) is 18.2 Å². The van der Waals surface area contributed by atoms with Gasteiger partial charge in [-0.3, -0.25) is 0 Å². The first-order valence-corrected chi connectivity index (χ1v) is 9.92. The van der Waals surface area contributed by atoms with Crippen LogP contribution in [0.4, 0.5) is 0 Å². The fourth-order valence-electron chi connectivity index (χ4n) is 2.09. The number of unbranched alkanes of at least 4 members (excludes halogenated alkanes) is 3. The van der Waals surface area contributed by atoms with Crippen molar-refractivity contribution in [1.29, 1.82) is 15.8 Å². The van der Waals surface area contributed by atoms with E-state index in [1.165, 1.54) is 12.8 Å². The van der Waals surface area contributed by atoms with Crippen molar-refractivity contribution in [2.45, 2.75) is 110 Å². The van der Waals surface area contributed by atoms with Crippen LogP contribution in [0.2, 0.25) is 0 Å². The molecule has 0 rings (SSSR count). The molecule has 26 heavy (non-hydrogen) atoms. The maximum Gasteiger partial charge on any atom is 0.164 e. The average molecular weight is 360 g/mol. The third-order valence-electron chi connectivity index (χ3n) is 4.22. The molecule has 5 nitrogen and oxygen atoms in total. The number of rotatable bonds is 11. The Kier molecular flexibility index (Phi) is 15.5. The topological polar surface area (TPSA) is 96.1 Å². The summed E-state index contributed by atoms with van der Waals surface area (Å²) in [6.07, 6.45) is 8.78. The number of azo groups is 1. The zero-order valence-corrected chi connectivity index (χ0v) is 17.7. The van der Waals surface area contributed by atoms with Crippen LogP contribution in [0.25, 0.3) is 0 Å². The Morgan fingerprint density at radius 1 is 0.769 bits per heavy atom. The second kappa shape index (κ2) is 15.3. The van der Waals surface area contributed by atoms with E-state index in [1.54, 1.807) is 13.8 Å². The zero-order valence-electron chi connectivity index (χ0n) is 17.7. The molecule has 0 fully saturated rings. The molecular formula is C21H37N5. The Hall–Kier alpha value is -1.93. The molecule has 0 saturated carbocycles. The minimum absolute atomic E-state index is 0.259. The van der Waals surface area contributed by atoms with E-state index >= 15 is 0 Å². The standard InChI is InChI=1S/C14H24N4.C7H13N/c1-5-7-9-13(3,11-15)17-18-14(4,12-16)10-8-6-2;1-3-4-5-7(2)6-8/h5-10H2,1-4H3;7H,3-5H2,1-2H3. The van der Waals surface area contributed by atoms with E-state index in [4.69, 9.17) is 5.26 Å². The molecule has 146 valence electrons. The molecule has 0 N–H and O–H groups in total. The van der Waals surface area contributed by atoms with Gasteiger partial charge in [0, 0.05) is 5.92 Å². The Bertz CT molecular complexity index is 474. The van der Waals surface area contributed by atoms with E-state index in [1.807, 2.05) is 6.92 Å². The van der Waals surface area contributed by atoms with Gasteiger partial charge in [0.2, 0.25) is 0 Å². The fraction of sp³-hybridized carbons (Fsp3) is 0.857. The van der Waals surface area contributed by atoms with E-state index in [0.717, 1.165) is 32.1 Å². The molecule has 0 aliphatic carbocycles. The van der Waals surface area contributed by atoms with Crippen LogP contribution >= 0.6 is 0 Å². The van der Waals surface area contributed by atoms with Crippen molar-refractivity contribution in [2.75, 3.05) is 0 Å². The van der Waals surface area contributed by atoms with Gasteiger partial charge in [0.1, 0.15) is 0 Å². The van der Waals surface area contributed by atoms with E-state index in [-0.39, 0.29) is 5.92 Å². The van der Waals surface area contributed by atoms with Crippen LogP contribution in [-0.2, 0) is 0 Å². The first kappa shape index (κ1) is 26.3. The molecule has 5 heteroatoms. The molecular weight excluding hydrogens is 322 g/mol. The van der Waals surface area contributed by atoms with Gasteiger partial charge in [-0.2, -0.15) is 26.0 Å². The van der Waals surface area contributed by atoms with Crippen molar-refractivity contribution < 1.29 is 0 Å². The van der Waals surface area contributed by atoms with Crippen molar-refractivity contribution in [3.8, 4) is 18.2 Å². The molecule has 0 aromatic heterocycles. The van der Waals surface area contributed by atoms with Crippen LogP contribution in [0.15, 0.2) is 10.2 Å². The molecule has 3 unspecified atom stereocenters. The Labute approximate surface area is 161 Å². The van der Waals surface area contributed by atoms with E-state index in [9.17, 15) is 10.5 Å². The molecule has 0 heterocycles. The highest BCUT2D eigenvalue weighted by Crippen LogP contribution is 2.24. The van der Waals surface area contributed by atoms with E-state index in [2.05, 4.69) is 49.2 Å². The maximum atomic E-state index is 9.17. The lowest BCUT2D eigenvalue weighted by Gasteiger charge is -2.19. The Balaban J connectivity index is 0. The minimum atomic E-state index is -0.791. The third kappa shape index (κ3) is 13.4. The van der Waals surface area contributed by atoms with Gasteiger partial charge in [0.25, 0.3) is 0 Å². The largest absolute Gasteiger partial charge is 0.198 e. The molecule has 0 aromatic rings. The first-order chi connectivity index (χ1) is 12.3. The molecule has 0 saturated heterocycles. The number of nitriles is 3. The number of hydrogen-bond donors (Lipinski definition) is 0. The van der Waals surface area contributed by atoms with Gasteiger partial charge in [-0.05, 0) is 40.0 Å². The highest BCUT2D eigenvalue weighted by molar-refractivity contribution is 5.07. The minimum Gasteiger partial charge on any atom is -0.198 e. The fourth-order valence-corrected chi connectivity index (χ4v) is 2.09. The highest BCUT2D eigenvalue weighted by Gasteiger charge is 2.27. The van der Waals surface area contributed by atoms with Crippen molar-refractivity contribution in [3.05, 3.63) is 0 Å². The average Bonchev–Trinajstić information content (AvgIpc) is 2.67. The molecule has 0 aliphatic heterocycles. The molecule has 0 spiro atoms. The van der Waals surface area contributed by atoms with Crippen LogP contribution < -0.4 is 0 Å². The van der Waals surface area contributed by atoms with Gasteiger partial charge in [-0.15, -0.1) is 0 Å². The second-order valence-electron chi connectivity index (χ2n) is 7.35. The lowest BCUT2D eigenvalue weighted by atomic mass is 9.97. The summed E-state index contributed by atoms with van der Waals surface area (Å²) in [5.74, 6) is 0.259. The summed E-state index contributed by atoms with van der Waals surface area (Å²) < 4.78 is 0. The Morgan fingerprint density at radius 3 is 1.42 bits per heavy atom. The summed E-state index contributed by atoms with van der Waals surface area (Å²) in [4.78, 5) is 0. The quantitative estimate of drug-likeness (QED) is 0.383. The summed E-state index contributed by atoms with van der Waals surface area (Å²) in [5, 5.41) is 35.0. The number of nitrogens with zero attached hydrogens (tertiary/aromatic N) is 5. The summed E-state index contributed by atoms with van der Waals surface area (Å²) in [5.41, 5.74) is -1.58.